The average molecular weight is 575 g/mol. The molecule has 1 aliphatic heterocycles. The van der Waals surface area contributed by atoms with Crippen molar-refractivity contribution < 1.29 is 50.6 Å². The summed E-state index contributed by atoms with van der Waals surface area (Å²) in [5.41, 5.74) is -6.91. The number of nitrogens with zero attached hydrogens (tertiary/aromatic N) is 1. The molecule has 0 aromatic heterocycles. The van der Waals surface area contributed by atoms with Gasteiger partial charge < -0.3 is 15.2 Å². The molecule has 3 rings (SSSR count). The van der Waals surface area contributed by atoms with Crippen LogP contribution in [-0.2, 0) is 22.4 Å². The molecule has 1 saturated heterocycles. The Labute approximate surface area is 226 Å². The molecule has 2 aromatic carbocycles. The van der Waals surface area contributed by atoms with E-state index in [1.54, 1.807) is 25.1 Å². The zero-order valence-corrected chi connectivity index (χ0v) is 21.7. The molecule has 1 heterocycles. The minimum atomic E-state index is -6.00. The molecule has 7 nitrogen and oxygen atoms in total. The number of hydrogen-bond acceptors (Lipinski definition) is 5. The normalized spacial score (nSPS) is 18.2. The lowest BCUT2D eigenvalue weighted by Gasteiger charge is -2.33. The molecule has 1 unspecified atom stereocenters. The summed E-state index contributed by atoms with van der Waals surface area (Å²) < 4.78 is 85.3. The maximum atomic E-state index is 13.3. The lowest BCUT2D eigenvalue weighted by molar-refractivity contribution is -0.376. The number of carbonyl (C=O) groups is 3. The number of amides is 3. The van der Waals surface area contributed by atoms with Crippen LogP contribution in [0.3, 0.4) is 0 Å². The maximum absolute atomic E-state index is 13.3. The van der Waals surface area contributed by atoms with E-state index in [1.807, 2.05) is 0 Å². The van der Waals surface area contributed by atoms with Crippen molar-refractivity contribution in [2.24, 2.45) is 0 Å². The Morgan fingerprint density at radius 2 is 1.70 bits per heavy atom. The van der Waals surface area contributed by atoms with Crippen LogP contribution in [0, 0.1) is 0 Å². The minimum Gasteiger partial charge on any atom is -0.493 e. The first kappa shape index (κ1) is 30.9. The molecular weight excluding hydrogens is 546 g/mol. The number of aryl methyl sites for hydroxylation is 1. The van der Waals surface area contributed by atoms with E-state index in [9.17, 15) is 45.8 Å². The van der Waals surface area contributed by atoms with Gasteiger partial charge in [-0.1, -0.05) is 37.6 Å². The van der Waals surface area contributed by atoms with Crippen molar-refractivity contribution in [3.05, 3.63) is 64.7 Å². The van der Waals surface area contributed by atoms with Gasteiger partial charge in [-0.3, -0.25) is 14.5 Å². The van der Waals surface area contributed by atoms with Gasteiger partial charge in [-0.05, 0) is 55.5 Å². The second-order valence-corrected chi connectivity index (χ2v) is 9.59. The summed E-state index contributed by atoms with van der Waals surface area (Å²) in [5, 5.41) is 12.3. The van der Waals surface area contributed by atoms with Crippen molar-refractivity contribution in [2.45, 2.75) is 63.0 Å². The highest BCUT2D eigenvalue weighted by atomic mass is 19.4. The Hall–Kier alpha value is -3.61. The van der Waals surface area contributed by atoms with Crippen LogP contribution in [0.2, 0.25) is 0 Å². The average Bonchev–Trinajstić information content (AvgIpc) is 3.11. The maximum Gasteiger partial charge on any atom is 0.430 e. The third kappa shape index (κ3) is 5.79. The molecule has 1 aliphatic rings. The van der Waals surface area contributed by atoms with Gasteiger partial charge in [-0.15, -0.1) is 0 Å². The number of alkyl halides is 6. The van der Waals surface area contributed by atoms with Gasteiger partial charge in [0.2, 0.25) is 0 Å². The monoisotopic (exact) mass is 574 g/mol. The van der Waals surface area contributed by atoms with E-state index in [0.29, 0.717) is 48.8 Å². The quantitative estimate of drug-likeness (QED) is 0.162. The standard InChI is InChI=1S/C27H28F6N2O5/c1-3-7-18-15-20(25(39,26(28,29)30)27(31,32)33)10-11-21(18)40-13-5-4-12-35-22(37)24(2,34-23(35)38)19-9-6-8-17(14-19)16-36/h6,8-11,14-16,39H,3-5,7,12-13H2,1-2H3,(H,34,38). The number of urea groups is 1. The smallest absolute Gasteiger partial charge is 0.430 e. The van der Waals surface area contributed by atoms with Crippen LogP contribution in [0.4, 0.5) is 31.1 Å². The molecule has 1 atom stereocenters. The molecule has 3 amide bonds. The molecule has 1 fully saturated rings. The fraction of sp³-hybridized carbons (Fsp3) is 0.444. The Morgan fingerprint density at radius 3 is 2.30 bits per heavy atom. The van der Waals surface area contributed by atoms with Crippen molar-refractivity contribution >= 4 is 18.2 Å². The largest absolute Gasteiger partial charge is 0.493 e. The highest BCUT2D eigenvalue weighted by molar-refractivity contribution is 6.07. The Kier molecular flexibility index (Phi) is 8.87. The number of unbranched alkanes of at least 4 members (excludes halogenated alkanes) is 1. The van der Waals surface area contributed by atoms with Crippen molar-refractivity contribution in [3.63, 3.8) is 0 Å². The van der Waals surface area contributed by atoms with E-state index in [4.69, 9.17) is 4.74 Å². The molecule has 13 heteroatoms. The van der Waals surface area contributed by atoms with Gasteiger partial charge in [0.25, 0.3) is 11.5 Å². The van der Waals surface area contributed by atoms with E-state index in [1.165, 1.54) is 13.0 Å². The van der Waals surface area contributed by atoms with Gasteiger partial charge in [0.05, 0.1) is 6.61 Å². The second kappa shape index (κ2) is 11.5. The zero-order chi connectivity index (χ0) is 29.9. The molecule has 2 aromatic rings. The predicted octanol–water partition coefficient (Wildman–Crippen LogP) is 5.39. The lowest BCUT2D eigenvalue weighted by atomic mass is 9.90. The van der Waals surface area contributed by atoms with E-state index in [-0.39, 0.29) is 30.9 Å². The van der Waals surface area contributed by atoms with Crippen molar-refractivity contribution in [1.29, 1.82) is 0 Å². The first-order valence-electron chi connectivity index (χ1n) is 12.4. The number of aldehydes is 1. The number of benzene rings is 2. The summed E-state index contributed by atoms with van der Waals surface area (Å²) in [6.07, 6.45) is -10.3. The molecule has 218 valence electrons. The number of aliphatic hydroxyl groups is 1. The fourth-order valence-corrected chi connectivity index (χ4v) is 4.47. The van der Waals surface area contributed by atoms with Crippen LogP contribution in [0.25, 0.3) is 0 Å². The number of ether oxygens (including phenoxy) is 1. The summed E-state index contributed by atoms with van der Waals surface area (Å²) in [7, 11) is 0. The van der Waals surface area contributed by atoms with Crippen LogP contribution < -0.4 is 10.1 Å². The number of imide groups is 1. The number of nitrogens with one attached hydrogen (secondary N) is 1. The molecular formula is C27H28F6N2O5. The summed E-state index contributed by atoms with van der Waals surface area (Å²) in [4.78, 5) is 37.7. The molecule has 0 saturated carbocycles. The minimum absolute atomic E-state index is 0.00116. The number of halogens is 6. The topological polar surface area (TPSA) is 95.9 Å². The SMILES string of the molecule is CCCc1cc(C(O)(C(F)(F)F)C(F)(F)F)ccc1OCCCCN1C(=O)NC(C)(c2cccc(C=O)c2)C1=O. The van der Waals surface area contributed by atoms with Crippen LogP contribution in [-0.4, -0.2) is 53.7 Å². The molecule has 2 N–H and O–H groups in total. The fourth-order valence-electron chi connectivity index (χ4n) is 4.47. The summed E-state index contributed by atoms with van der Waals surface area (Å²) in [6.45, 7) is 3.23. The van der Waals surface area contributed by atoms with Crippen LogP contribution in [0.1, 0.15) is 60.2 Å². The number of carbonyl (C=O) groups excluding carboxylic acids is 3. The van der Waals surface area contributed by atoms with E-state index in [2.05, 4.69) is 5.32 Å². The Bertz CT molecular complexity index is 1250. The van der Waals surface area contributed by atoms with Crippen LogP contribution in [0.15, 0.2) is 42.5 Å². The Balaban J connectivity index is 1.65. The van der Waals surface area contributed by atoms with Gasteiger partial charge in [0.15, 0.2) is 0 Å². The van der Waals surface area contributed by atoms with Crippen molar-refractivity contribution in [3.8, 4) is 5.75 Å². The second-order valence-electron chi connectivity index (χ2n) is 9.59. The molecule has 40 heavy (non-hydrogen) atoms. The molecule has 0 spiro atoms. The van der Waals surface area contributed by atoms with E-state index >= 15 is 0 Å². The van der Waals surface area contributed by atoms with Gasteiger partial charge in [0, 0.05) is 17.7 Å². The predicted molar refractivity (Wildman–Crippen MR) is 131 cm³/mol. The summed E-state index contributed by atoms with van der Waals surface area (Å²) in [5.74, 6) is -0.445. The van der Waals surface area contributed by atoms with Crippen molar-refractivity contribution in [1.82, 2.24) is 10.2 Å². The highest BCUT2D eigenvalue weighted by Gasteiger charge is 2.71. The van der Waals surface area contributed by atoms with Gasteiger partial charge in [0.1, 0.15) is 17.6 Å². The molecule has 0 bridgehead atoms. The number of hydrogen-bond donors (Lipinski definition) is 2. The van der Waals surface area contributed by atoms with Gasteiger partial charge >= 0.3 is 18.4 Å². The first-order valence-corrected chi connectivity index (χ1v) is 12.4. The Morgan fingerprint density at radius 1 is 1.02 bits per heavy atom. The summed E-state index contributed by atoms with van der Waals surface area (Å²) in [6, 6.07) is 7.79. The van der Waals surface area contributed by atoms with Gasteiger partial charge in [-0.2, -0.15) is 26.3 Å². The van der Waals surface area contributed by atoms with Gasteiger partial charge in [-0.25, -0.2) is 4.79 Å². The van der Waals surface area contributed by atoms with Crippen LogP contribution >= 0.6 is 0 Å². The third-order valence-electron chi connectivity index (χ3n) is 6.73. The molecule has 0 aliphatic carbocycles. The van der Waals surface area contributed by atoms with Crippen LogP contribution in [0.5, 0.6) is 5.75 Å². The summed E-state index contributed by atoms with van der Waals surface area (Å²) >= 11 is 0. The lowest BCUT2D eigenvalue weighted by Crippen LogP contribution is -2.53. The van der Waals surface area contributed by atoms with E-state index < -0.39 is 41.0 Å². The first-order chi connectivity index (χ1) is 18.6. The third-order valence-corrected chi connectivity index (χ3v) is 6.73. The highest BCUT2D eigenvalue weighted by Crippen LogP contribution is 2.50. The molecule has 0 radical (unpaired) electrons. The zero-order valence-electron chi connectivity index (χ0n) is 21.7. The number of rotatable bonds is 11. The van der Waals surface area contributed by atoms with Crippen molar-refractivity contribution in [2.75, 3.05) is 13.2 Å². The van der Waals surface area contributed by atoms with E-state index in [0.717, 1.165) is 11.0 Å².